The standard InChI is InChI=1S/C21H22N6O3/c1-11-14(13(3)27-21(24-11)25-20(22)26-27)8-9-18(29)30-10-17(28)19-12(2)23-16-7-5-4-6-15(16)19/h4-7,23H,8-10H2,1-3H3,(H2,22,26). The van der Waals surface area contributed by atoms with Gasteiger partial charge in [0.15, 0.2) is 6.61 Å². The molecule has 0 atom stereocenters. The maximum absolute atomic E-state index is 12.6. The molecule has 0 bridgehead atoms. The number of hydrogen-bond donors (Lipinski definition) is 2. The molecule has 0 fully saturated rings. The SMILES string of the molecule is Cc1nc2nc(N)nn2c(C)c1CCC(=O)OCC(=O)c1c(C)[nH]c2ccccc12. The van der Waals surface area contributed by atoms with Crippen LogP contribution in [0.3, 0.4) is 0 Å². The zero-order chi connectivity index (χ0) is 21.4. The first-order valence-corrected chi connectivity index (χ1v) is 9.59. The molecule has 0 unspecified atom stereocenters. The lowest BCUT2D eigenvalue weighted by atomic mass is 10.1. The summed E-state index contributed by atoms with van der Waals surface area (Å²) in [7, 11) is 0. The maximum Gasteiger partial charge on any atom is 0.306 e. The number of fused-ring (bicyclic) bond motifs is 2. The number of aromatic nitrogens is 5. The predicted molar refractivity (Wildman–Crippen MR) is 111 cm³/mol. The number of Topliss-reactive ketones (excluding diaryl/α,β-unsaturated/α-hetero) is 1. The number of nitrogens with two attached hydrogens (primary N) is 1. The summed E-state index contributed by atoms with van der Waals surface area (Å²) in [6, 6.07) is 7.55. The van der Waals surface area contributed by atoms with Crippen LogP contribution in [0.1, 0.15) is 39.4 Å². The number of hydrogen-bond acceptors (Lipinski definition) is 7. The van der Waals surface area contributed by atoms with Crippen LogP contribution in [-0.4, -0.2) is 42.9 Å². The molecule has 1 aromatic carbocycles. The quantitative estimate of drug-likeness (QED) is 0.372. The number of carbonyl (C=O) groups is 2. The normalized spacial score (nSPS) is 11.3. The number of anilines is 1. The molecule has 9 nitrogen and oxygen atoms in total. The average molecular weight is 406 g/mol. The van der Waals surface area contributed by atoms with E-state index in [1.54, 1.807) is 4.52 Å². The van der Waals surface area contributed by atoms with Crippen molar-refractivity contribution in [3.63, 3.8) is 0 Å². The van der Waals surface area contributed by atoms with Gasteiger partial charge in [-0.05, 0) is 38.8 Å². The summed E-state index contributed by atoms with van der Waals surface area (Å²) >= 11 is 0. The third kappa shape index (κ3) is 3.49. The van der Waals surface area contributed by atoms with E-state index < -0.39 is 5.97 Å². The van der Waals surface area contributed by atoms with E-state index in [-0.39, 0.29) is 24.8 Å². The number of benzene rings is 1. The third-order valence-corrected chi connectivity index (χ3v) is 5.18. The highest BCUT2D eigenvalue weighted by atomic mass is 16.5. The minimum absolute atomic E-state index is 0.124. The van der Waals surface area contributed by atoms with E-state index in [1.807, 2.05) is 45.0 Å². The molecule has 154 valence electrons. The zero-order valence-electron chi connectivity index (χ0n) is 17.0. The molecule has 0 amide bonds. The Bertz CT molecular complexity index is 1290. The van der Waals surface area contributed by atoms with E-state index in [0.29, 0.717) is 17.8 Å². The van der Waals surface area contributed by atoms with Crippen LogP contribution >= 0.6 is 0 Å². The van der Waals surface area contributed by atoms with E-state index in [4.69, 9.17) is 10.5 Å². The van der Waals surface area contributed by atoms with Gasteiger partial charge in [0.05, 0.1) is 0 Å². The molecule has 3 aromatic heterocycles. The Morgan fingerprint density at radius 2 is 1.93 bits per heavy atom. The molecule has 4 rings (SSSR count). The fourth-order valence-corrected chi connectivity index (χ4v) is 3.74. The predicted octanol–water partition coefficient (Wildman–Crippen LogP) is 2.47. The van der Waals surface area contributed by atoms with Crippen molar-refractivity contribution in [1.82, 2.24) is 24.6 Å². The number of esters is 1. The Morgan fingerprint density at radius 3 is 2.73 bits per heavy atom. The highest BCUT2D eigenvalue weighted by Crippen LogP contribution is 2.22. The molecule has 30 heavy (non-hydrogen) atoms. The number of nitrogens with one attached hydrogen (secondary N) is 1. The molecule has 0 radical (unpaired) electrons. The van der Waals surface area contributed by atoms with Crippen molar-refractivity contribution in [3.8, 4) is 0 Å². The summed E-state index contributed by atoms with van der Waals surface area (Å²) in [5.74, 6) is -0.106. The lowest BCUT2D eigenvalue weighted by Gasteiger charge is -2.10. The van der Waals surface area contributed by atoms with Crippen LogP contribution in [0.4, 0.5) is 5.95 Å². The van der Waals surface area contributed by atoms with Crippen molar-refractivity contribution in [1.29, 1.82) is 0 Å². The molecule has 0 saturated heterocycles. The van der Waals surface area contributed by atoms with E-state index in [0.717, 1.165) is 33.5 Å². The molecular weight excluding hydrogens is 384 g/mol. The van der Waals surface area contributed by atoms with Gasteiger partial charge in [-0.25, -0.2) is 4.98 Å². The van der Waals surface area contributed by atoms with Crippen molar-refractivity contribution < 1.29 is 14.3 Å². The van der Waals surface area contributed by atoms with Gasteiger partial charge in [-0.2, -0.15) is 9.50 Å². The minimum atomic E-state index is -0.446. The third-order valence-electron chi connectivity index (χ3n) is 5.18. The van der Waals surface area contributed by atoms with E-state index in [2.05, 4.69) is 20.1 Å². The topological polar surface area (TPSA) is 128 Å². The summed E-state index contributed by atoms with van der Waals surface area (Å²) in [5, 5.41) is 4.95. The second kappa shape index (κ2) is 7.58. The maximum atomic E-state index is 12.6. The number of aromatic amines is 1. The summed E-state index contributed by atoms with van der Waals surface area (Å²) in [4.78, 5) is 36.5. The van der Waals surface area contributed by atoms with Crippen LogP contribution in [0.15, 0.2) is 24.3 Å². The Labute approximate surface area is 172 Å². The molecular formula is C21H22N6O3. The number of rotatable bonds is 6. The number of ether oxygens (including phenoxy) is 1. The molecule has 0 saturated carbocycles. The first kappa shape index (κ1) is 19.6. The van der Waals surface area contributed by atoms with Gasteiger partial charge in [0.25, 0.3) is 5.78 Å². The number of H-pyrrole nitrogens is 1. The number of nitrogens with zero attached hydrogens (tertiary/aromatic N) is 4. The molecule has 9 heteroatoms. The second-order valence-electron chi connectivity index (χ2n) is 7.20. The number of aryl methyl sites for hydroxylation is 3. The van der Waals surface area contributed by atoms with Gasteiger partial charge in [-0.1, -0.05) is 18.2 Å². The van der Waals surface area contributed by atoms with Gasteiger partial charge < -0.3 is 15.5 Å². The minimum Gasteiger partial charge on any atom is -0.457 e. The first-order chi connectivity index (χ1) is 14.3. The molecule has 4 aromatic rings. The average Bonchev–Trinajstić information content (AvgIpc) is 3.24. The summed E-state index contributed by atoms with van der Waals surface area (Å²) in [6.07, 6.45) is 0.540. The van der Waals surface area contributed by atoms with Crippen molar-refractivity contribution in [2.75, 3.05) is 12.3 Å². The highest BCUT2D eigenvalue weighted by Gasteiger charge is 2.18. The Hall–Kier alpha value is -3.75. The number of para-hydroxylation sites is 1. The summed E-state index contributed by atoms with van der Waals surface area (Å²) in [5.41, 5.74) is 10.3. The molecule has 0 aliphatic carbocycles. The lowest BCUT2D eigenvalue weighted by Crippen LogP contribution is -2.16. The molecule has 0 spiro atoms. The van der Waals surface area contributed by atoms with Crippen LogP contribution in [0.25, 0.3) is 16.7 Å². The number of nitrogen functional groups attached to an aromatic ring is 1. The Kier molecular flexibility index (Phi) is 4.94. The van der Waals surface area contributed by atoms with E-state index in [9.17, 15) is 9.59 Å². The fraction of sp³-hybridized carbons (Fsp3) is 0.286. The van der Waals surface area contributed by atoms with Crippen molar-refractivity contribution in [2.24, 2.45) is 0 Å². The van der Waals surface area contributed by atoms with Crippen LogP contribution in [-0.2, 0) is 16.0 Å². The highest BCUT2D eigenvalue weighted by molar-refractivity contribution is 6.10. The lowest BCUT2D eigenvalue weighted by molar-refractivity contribution is -0.142. The van der Waals surface area contributed by atoms with Crippen LogP contribution in [0.2, 0.25) is 0 Å². The largest absolute Gasteiger partial charge is 0.457 e. The molecule has 0 aliphatic heterocycles. The van der Waals surface area contributed by atoms with Crippen LogP contribution in [0.5, 0.6) is 0 Å². The van der Waals surface area contributed by atoms with Gasteiger partial charge in [0.1, 0.15) is 0 Å². The van der Waals surface area contributed by atoms with Crippen LogP contribution < -0.4 is 5.73 Å². The van der Waals surface area contributed by atoms with Gasteiger partial charge in [-0.15, -0.1) is 5.10 Å². The van der Waals surface area contributed by atoms with Crippen molar-refractivity contribution >= 4 is 34.4 Å². The Morgan fingerprint density at radius 1 is 1.17 bits per heavy atom. The smallest absolute Gasteiger partial charge is 0.306 e. The van der Waals surface area contributed by atoms with Crippen LogP contribution in [0, 0.1) is 20.8 Å². The zero-order valence-corrected chi connectivity index (χ0v) is 17.0. The van der Waals surface area contributed by atoms with Crippen molar-refractivity contribution in [2.45, 2.75) is 33.6 Å². The molecule has 0 aliphatic rings. The fourth-order valence-electron chi connectivity index (χ4n) is 3.74. The Balaban J connectivity index is 1.41. The van der Waals surface area contributed by atoms with Gasteiger partial charge in [-0.3, -0.25) is 9.59 Å². The van der Waals surface area contributed by atoms with E-state index >= 15 is 0 Å². The first-order valence-electron chi connectivity index (χ1n) is 9.59. The number of carbonyl (C=O) groups excluding carboxylic acids is 2. The summed E-state index contributed by atoms with van der Waals surface area (Å²) < 4.78 is 6.81. The van der Waals surface area contributed by atoms with Gasteiger partial charge in [0.2, 0.25) is 11.7 Å². The molecule has 3 N–H and O–H groups in total. The van der Waals surface area contributed by atoms with Gasteiger partial charge in [0, 0.05) is 40.0 Å². The number of ketones is 1. The van der Waals surface area contributed by atoms with Gasteiger partial charge >= 0.3 is 5.97 Å². The summed E-state index contributed by atoms with van der Waals surface area (Å²) in [6.45, 7) is 5.26. The molecule has 3 heterocycles. The second-order valence-corrected chi connectivity index (χ2v) is 7.20. The monoisotopic (exact) mass is 406 g/mol. The van der Waals surface area contributed by atoms with Crippen molar-refractivity contribution in [3.05, 3.63) is 52.5 Å². The van der Waals surface area contributed by atoms with E-state index in [1.165, 1.54) is 0 Å².